The van der Waals surface area contributed by atoms with Gasteiger partial charge in [-0.1, -0.05) is 47.6 Å². The fourth-order valence-corrected chi connectivity index (χ4v) is 2.47. The summed E-state index contributed by atoms with van der Waals surface area (Å²) in [7, 11) is 0. The Morgan fingerprint density at radius 1 is 1.35 bits per heavy atom. The van der Waals surface area contributed by atoms with Gasteiger partial charge in [0.25, 0.3) is 0 Å². The molecule has 4 nitrogen and oxygen atoms in total. The van der Waals surface area contributed by atoms with Crippen LogP contribution in [0, 0.1) is 5.82 Å². The van der Waals surface area contributed by atoms with E-state index in [0.29, 0.717) is 34.7 Å². The molecule has 1 aromatic carbocycles. The number of aromatic nitrogens is 1. The van der Waals surface area contributed by atoms with E-state index in [1.165, 1.54) is 12.3 Å². The van der Waals surface area contributed by atoms with Crippen LogP contribution in [0.3, 0.4) is 0 Å². The molecule has 0 saturated heterocycles. The first kappa shape index (κ1) is 15.2. The predicted octanol–water partition coefficient (Wildman–Crippen LogP) is 4.35. The number of aliphatic imine (C=N–C) groups is 1. The molecule has 3 rings (SSSR count). The van der Waals surface area contributed by atoms with Gasteiger partial charge in [0.15, 0.2) is 5.76 Å². The van der Waals surface area contributed by atoms with Gasteiger partial charge in [-0.05, 0) is 6.07 Å². The Morgan fingerprint density at radius 2 is 2.17 bits per heavy atom. The monoisotopic (exact) mass is 329 g/mol. The molecule has 0 unspecified atom stereocenters. The molecule has 2 N–H and O–H groups in total. The molecule has 6 heteroatoms. The molecule has 0 radical (unpaired) electrons. The van der Waals surface area contributed by atoms with Crippen molar-refractivity contribution in [3.8, 4) is 11.1 Å². The number of benzene rings is 1. The average Bonchev–Trinajstić information content (AvgIpc) is 2.92. The van der Waals surface area contributed by atoms with Gasteiger partial charge < -0.3 is 10.3 Å². The summed E-state index contributed by atoms with van der Waals surface area (Å²) < 4.78 is 19.6. The first-order chi connectivity index (χ1) is 11.1. The van der Waals surface area contributed by atoms with E-state index in [-0.39, 0.29) is 10.6 Å². The van der Waals surface area contributed by atoms with Gasteiger partial charge in [-0.25, -0.2) is 9.38 Å². The third-order valence-electron chi connectivity index (χ3n) is 3.44. The molecule has 1 aliphatic rings. The van der Waals surface area contributed by atoms with E-state index in [2.05, 4.69) is 16.7 Å². The number of rotatable bonds is 3. The number of hydrogen-bond acceptors (Lipinski definition) is 4. The van der Waals surface area contributed by atoms with Crippen LogP contribution in [0.5, 0.6) is 0 Å². The molecule has 23 heavy (non-hydrogen) atoms. The zero-order chi connectivity index (χ0) is 16.4. The van der Waals surface area contributed by atoms with Crippen molar-refractivity contribution < 1.29 is 8.91 Å². The molecule has 0 saturated carbocycles. The molecule has 2 aromatic rings. The fraction of sp³-hybridized carbons (Fsp3) is 0.0588. The van der Waals surface area contributed by atoms with Gasteiger partial charge in [-0.3, -0.25) is 0 Å². The Hall–Kier alpha value is -2.66. The van der Waals surface area contributed by atoms with Crippen LogP contribution in [-0.2, 0) is 0 Å². The van der Waals surface area contributed by atoms with E-state index in [1.54, 1.807) is 18.3 Å². The lowest BCUT2D eigenvalue weighted by Gasteiger charge is -2.08. The topological polar surface area (TPSA) is 64.4 Å². The maximum Gasteiger partial charge on any atom is 0.174 e. The van der Waals surface area contributed by atoms with E-state index in [4.69, 9.17) is 21.9 Å². The van der Waals surface area contributed by atoms with Gasteiger partial charge >= 0.3 is 0 Å². The third kappa shape index (κ3) is 2.83. The smallest absolute Gasteiger partial charge is 0.174 e. The van der Waals surface area contributed by atoms with Crippen LogP contribution < -0.4 is 5.73 Å². The minimum atomic E-state index is -0.539. The summed E-state index contributed by atoms with van der Waals surface area (Å²) in [5.74, 6) is 0.103. The molecule has 1 aromatic heterocycles. The third-order valence-corrected chi connectivity index (χ3v) is 3.74. The van der Waals surface area contributed by atoms with E-state index < -0.39 is 5.82 Å². The summed E-state index contributed by atoms with van der Waals surface area (Å²) in [6.45, 7) is 4.00. The van der Waals surface area contributed by atoms with Gasteiger partial charge in [-0.2, -0.15) is 0 Å². The van der Waals surface area contributed by atoms with Crippen LogP contribution in [0.2, 0.25) is 5.02 Å². The van der Waals surface area contributed by atoms with E-state index in [1.807, 2.05) is 12.2 Å². The zero-order valence-electron chi connectivity index (χ0n) is 12.1. The molecule has 1 aliphatic heterocycles. The molecule has 2 heterocycles. The van der Waals surface area contributed by atoms with E-state index in [9.17, 15) is 4.39 Å². The van der Waals surface area contributed by atoms with Gasteiger partial charge in [0.1, 0.15) is 11.6 Å². The summed E-state index contributed by atoms with van der Waals surface area (Å²) in [6.07, 6.45) is 7.51. The van der Waals surface area contributed by atoms with Gasteiger partial charge in [0.2, 0.25) is 0 Å². The minimum absolute atomic E-state index is 0.0259. The second kappa shape index (κ2) is 6.22. The SMILES string of the molecule is C=C(C1=C(N)N=CCC=C1)c1oncc1-c1cccc(Cl)c1F. The van der Waals surface area contributed by atoms with Crippen molar-refractivity contribution in [1.82, 2.24) is 5.16 Å². The molecule has 116 valence electrons. The Kier molecular flexibility index (Phi) is 4.12. The van der Waals surface area contributed by atoms with Crippen molar-refractivity contribution in [2.24, 2.45) is 10.7 Å². The van der Waals surface area contributed by atoms with Crippen LogP contribution in [0.1, 0.15) is 12.2 Å². The molecule has 0 spiro atoms. The summed E-state index contributed by atoms with van der Waals surface area (Å²) in [5, 5.41) is 3.79. The maximum absolute atomic E-state index is 14.3. The van der Waals surface area contributed by atoms with Gasteiger partial charge in [0, 0.05) is 29.3 Å². The lowest BCUT2D eigenvalue weighted by Crippen LogP contribution is -2.00. The Balaban J connectivity index is 2.10. The number of hydrogen-bond donors (Lipinski definition) is 1. The van der Waals surface area contributed by atoms with E-state index in [0.717, 1.165) is 0 Å². The Bertz CT molecular complexity index is 864. The molecular formula is C17H13ClFN3O. The molecular weight excluding hydrogens is 317 g/mol. The number of nitrogens with zero attached hydrogens (tertiary/aromatic N) is 2. The van der Waals surface area contributed by atoms with Crippen molar-refractivity contribution in [3.05, 3.63) is 71.1 Å². The summed E-state index contributed by atoms with van der Waals surface area (Å²) in [5.41, 5.74) is 7.77. The quantitative estimate of drug-likeness (QED) is 0.910. The first-order valence-corrected chi connectivity index (χ1v) is 7.25. The van der Waals surface area contributed by atoms with Crippen LogP contribution >= 0.6 is 11.6 Å². The average molecular weight is 330 g/mol. The van der Waals surface area contributed by atoms with Crippen LogP contribution in [0.15, 0.2) is 64.0 Å². The summed E-state index contributed by atoms with van der Waals surface area (Å²) in [6, 6.07) is 4.73. The van der Waals surface area contributed by atoms with Crippen LogP contribution in [0.25, 0.3) is 16.7 Å². The van der Waals surface area contributed by atoms with Crippen molar-refractivity contribution in [2.75, 3.05) is 0 Å². The van der Waals surface area contributed by atoms with Crippen LogP contribution in [0.4, 0.5) is 4.39 Å². The Morgan fingerprint density at radius 3 is 3.00 bits per heavy atom. The van der Waals surface area contributed by atoms with Crippen molar-refractivity contribution >= 4 is 23.4 Å². The van der Waals surface area contributed by atoms with E-state index >= 15 is 0 Å². The second-order valence-electron chi connectivity index (χ2n) is 4.90. The summed E-state index contributed by atoms with van der Waals surface area (Å²) in [4.78, 5) is 4.12. The van der Waals surface area contributed by atoms with Crippen molar-refractivity contribution in [1.29, 1.82) is 0 Å². The fourth-order valence-electron chi connectivity index (χ4n) is 2.29. The van der Waals surface area contributed by atoms with Crippen LogP contribution in [-0.4, -0.2) is 11.4 Å². The molecule has 0 bridgehead atoms. The zero-order valence-corrected chi connectivity index (χ0v) is 12.8. The highest BCUT2D eigenvalue weighted by Crippen LogP contribution is 2.36. The molecule has 0 atom stereocenters. The van der Waals surface area contributed by atoms with Crippen molar-refractivity contribution in [3.63, 3.8) is 0 Å². The normalized spacial score (nSPS) is 14.2. The molecule has 0 aliphatic carbocycles. The highest BCUT2D eigenvalue weighted by atomic mass is 35.5. The number of nitrogens with two attached hydrogens (primary N) is 1. The van der Waals surface area contributed by atoms with Gasteiger partial charge in [0.05, 0.1) is 16.8 Å². The largest absolute Gasteiger partial charge is 0.383 e. The first-order valence-electron chi connectivity index (χ1n) is 6.87. The molecule has 0 fully saturated rings. The second-order valence-corrected chi connectivity index (χ2v) is 5.30. The number of allylic oxidation sites excluding steroid dienone is 4. The highest BCUT2D eigenvalue weighted by molar-refractivity contribution is 6.31. The number of halogens is 2. The molecule has 0 amide bonds. The van der Waals surface area contributed by atoms with Gasteiger partial charge in [-0.15, -0.1) is 0 Å². The highest BCUT2D eigenvalue weighted by Gasteiger charge is 2.20. The summed E-state index contributed by atoms with van der Waals surface area (Å²) >= 11 is 5.85. The predicted molar refractivity (Wildman–Crippen MR) is 89.4 cm³/mol. The lowest BCUT2D eigenvalue weighted by atomic mass is 9.98. The lowest BCUT2D eigenvalue weighted by molar-refractivity contribution is 0.411. The minimum Gasteiger partial charge on any atom is -0.383 e. The maximum atomic E-state index is 14.3. The van der Waals surface area contributed by atoms with Crippen molar-refractivity contribution in [2.45, 2.75) is 6.42 Å². The Labute approximate surface area is 137 Å². The standard InChI is InChI=1S/C17H13ClFN3O/c1-10(11-5-2-3-8-21-17(11)20)16-13(9-22-23-16)12-6-4-7-14(18)15(12)19/h2,4-9H,1,3,20H2.